The Hall–Kier alpha value is -1.68. The van der Waals surface area contributed by atoms with E-state index in [0.29, 0.717) is 10.8 Å². The maximum atomic E-state index is 12.1. The molecule has 0 spiro atoms. The van der Waals surface area contributed by atoms with Crippen molar-refractivity contribution in [2.75, 3.05) is 5.73 Å². The zero-order chi connectivity index (χ0) is 11.8. The molecule has 0 radical (unpaired) electrons. The highest BCUT2D eigenvalue weighted by molar-refractivity contribution is 7.13. The van der Waals surface area contributed by atoms with Crippen LogP contribution in [0.4, 0.5) is 5.13 Å². The van der Waals surface area contributed by atoms with Crippen molar-refractivity contribution >= 4 is 22.3 Å². The summed E-state index contributed by atoms with van der Waals surface area (Å²) in [5.41, 5.74) is 9.39. The number of hydrogen-bond acceptors (Lipinski definition) is 4. The molecule has 0 saturated carbocycles. The molecule has 3 rings (SSSR count). The minimum absolute atomic E-state index is 0.0346. The smallest absolute Gasteiger partial charge is 0.212 e. The van der Waals surface area contributed by atoms with Gasteiger partial charge in [-0.05, 0) is 36.5 Å². The molecule has 1 aliphatic carbocycles. The maximum absolute atomic E-state index is 12.1. The van der Waals surface area contributed by atoms with Gasteiger partial charge in [0, 0.05) is 10.9 Å². The molecule has 2 N–H and O–H groups in total. The van der Waals surface area contributed by atoms with Gasteiger partial charge in [-0.25, -0.2) is 4.98 Å². The highest BCUT2D eigenvalue weighted by Crippen LogP contribution is 2.24. The van der Waals surface area contributed by atoms with Gasteiger partial charge in [-0.1, -0.05) is 12.1 Å². The number of rotatable bonds is 2. The fraction of sp³-hybridized carbons (Fsp3) is 0.231. The summed E-state index contributed by atoms with van der Waals surface area (Å²) in [4.78, 5) is 16.2. The SMILES string of the molecule is Nc1nc(C(=O)c2ccc3c(c2)CCC3)cs1. The van der Waals surface area contributed by atoms with Crippen molar-refractivity contribution in [2.45, 2.75) is 19.3 Å². The number of nitrogens with two attached hydrogens (primary N) is 1. The normalized spacial score (nSPS) is 13.6. The Balaban J connectivity index is 1.97. The van der Waals surface area contributed by atoms with Crippen molar-refractivity contribution in [3.05, 3.63) is 46.0 Å². The van der Waals surface area contributed by atoms with Crippen LogP contribution in [-0.4, -0.2) is 10.8 Å². The Morgan fingerprint density at radius 3 is 2.88 bits per heavy atom. The third-order valence-corrected chi connectivity index (χ3v) is 3.79. The first-order valence-corrected chi connectivity index (χ1v) is 6.49. The van der Waals surface area contributed by atoms with Crippen LogP contribution in [0.25, 0.3) is 0 Å². The van der Waals surface area contributed by atoms with Gasteiger partial charge in [0.25, 0.3) is 0 Å². The van der Waals surface area contributed by atoms with Gasteiger partial charge in [-0.15, -0.1) is 11.3 Å². The van der Waals surface area contributed by atoms with E-state index >= 15 is 0 Å². The van der Waals surface area contributed by atoms with E-state index in [-0.39, 0.29) is 5.78 Å². The highest BCUT2D eigenvalue weighted by atomic mass is 32.1. The molecular weight excluding hydrogens is 232 g/mol. The van der Waals surface area contributed by atoms with E-state index in [1.165, 1.54) is 28.9 Å². The van der Waals surface area contributed by atoms with Gasteiger partial charge in [-0.2, -0.15) is 0 Å². The van der Waals surface area contributed by atoms with E-state index in [9.17, 15) is 4.79 Å². The van der Waals surface area contributed by atoms with Crippen LogP contribution >= 0.6 is 11.3 Å². The lowest BCUT2D eigenvalue weighted by atomic mass is 10.0. The van der Waals surface area contributed by atoms with Crippen LogP contribution in [0.2, 0.25) is 0 Å². The number of thiazole rings is 1. The van der Waals surface area contributed by atoms with Gasteiger partial charge in [0.2, 0.25) is 5.78 Å². The van der Waals surface area contributed by atoms with E-state index in [2.05, 4.69) is 11.1 Å². The second-order valence-electron chi connectivity index (χ2n) is 4.24. The molecule has 0 fully saturated rings. The van der Waals surface area contributed by atoms with Crippen molar-refractivity contribution in [1.82, 2.24) is 4.98 Å². The molecule has 0 atom stereocenters. The summed E-state index contributed by atoms with van der Waals surface area (Å²) in [7, 11) is 0. The number of aromatic nitrogens is 1. The van der Waals surface area contributed by atoms with Crippen LogP contribution in [-0.2, 0) is 12.8 Å². The molecule has 1 aromatic carbocycles. The van der Waals surface area contributed by atoms with Crippen LogP contribution in [0, 0.1) is 0 Å². The fourth-order valence-corrected chi connectivity index (χ4v) is 2.80. The number of fused-ring (bicyclic) bond motifs is 1. The van der Waals surface area contributed by atoms with Gasteiger partial charge < -0.3 is 5.73 Å². The number of nitrogens with zero attached hydrogens (tertiary/aromatic N) is 1. The largest absolute Gasteiger partial charge is 0.375 e. The molecule has 3 nitrogen and oxygen atoms in total. The lowest BCUT2D eigenvalue weighted by Crippen LogP contribution is -2.03. The lowest BCUT2D eigenvalue weighted by Gasteiger charge is -2.02. The quantitative estimate of drug-likeness (QED) is 0.825. The molecule has 0 unspecified atom stereocenters. The van der Waals surface area contributed by atoms with Gasteiger partial charge in [-0.3, -0.25) is 4.79 Å². The van der Waals surface area contributed by atoms with E-state index in [1.54, 1.807) is 5.38 Å². The summed E-state index contributed by atoms with van der Waals surface area (Å²) in [6.45, 7) is 0. The molecule has 1 heterocycles. The van der Waals surface area contributed by atoms with E-state index in [4.69, 9.17) is 5.73 Å². The van der Waals surface area contributed by atoms with Gasteiger partial charge in [0.15, 0.2) is 5.13 Å². The molecule has 1 aromatic heterocycles. The average molecular weight is 244 g/mol. The van der Waals surface area contributed by atoms with E-state index in [1.807, 2.05) is 12.1 Å². The van der Waals surface area contributed by atoms with Crippen LogP contribution in [0.5, 0.6) is 0 Å². The zero-order valence-corrected chi connectivity index (χ0v) is 10.1. The van der Waals surface area contributed by atoms with Crippen molar-refractivity contribution in [3.63, 3.8) is 0 Å². The fourth-order valence-electron chi connectivity index (χ4n) is 2.25. The third kappa shape index (κ3) is 1.85. The standard InChI is InChI=1S/C13H12N2OS/c14-13-15-11(7-17-13)12(16)10-5-4-8-2-1-3-9(8)6-10/h4-7H,1-3H2,(H2,14,15). The summed E-state index contributed by atoms with van der Waals surface area (Å²) < 4.78 is 0. The van der Waals surface area contributed by atoms with Gasteiger partial charge in [0.1, 0.15) is 5.69 Å². The van der Waals surface area contributed by atoms with E-state index < -0.39 is 0 Å². The number of anilines is 1. The first-order valence-electron chi connectivity index (χ1n) is 5.61. The molecule has 17 heavy (non-hydrogen) atoms. The molecule has 0 saturated heterocycles. The lowest BCUT2D eigenvalue weighted by molar-refractivity contribution is 0.103. The summed E-state index contributed by atoms with van der Waals surface area (Å²) in [6, 6.07) is 5.95. The van der Waals surface area contributed by atoms with Crippen LogP contribution < -0.4 is 5.73 Å². The van der Waals surface area contributed by atoms with Crippen LogP contribution in [0.1, 0.15) is 33.6 Å². The molecule has 0 bridgehead atoms. The first kappa shape index (κ1) is 10.5. The minimum Gasteiger partial charge on any atom is -0.375 e. The minimum atomic E-state index is -0.0346. The molecule has 2 aromatic rings. The van der Waals surface area contributed by atoms with Crippen molar-refractivity contribution in [1.29, 1.82) is 0 Å². The second-order valence-corrected chi connectivity index (χ2v) is 5.13. The Morgan fingerprint density at radius 1 is 1.29 bits per heavy atom. The molecule has 0 amide bonds. The average Bonchev–Trinajstić information content (AvgIpc) is 2.95. The number of aryl methyl sites for hydroxylation is 2. The summed E-state index contributed by atoms with van der Waals surface area (Å²) in [5.74, 6) is -0.0346. The van der Waals surface area contributed by atoms with Crippen molar-refractivity contribution < 1.29 is 4.79 Å². The first-order chi connectivity index (χ1) is 8.24. The van der Waals surface area contributed by atoms with Crippen LogP contribution in [0.15, 0.2) is 23.6 Å². The second kappa shape index (κ2) is 3.96. The third-order valence-electron chi connectivity index (χ3n) is 3.12. The van der Waals surface area contributed by atoms with Crippen LogP contribution in [0.3, 0.4) is 0 Å². The number of carbonyl (C=O) groups is 1. The van der Waals surface area contributed by atoms with Gasteiger partial charge >= 0.3 is 0 Å². The number of ketones is 1. The summed E-state index contributed by atoms with van der Waals surface area (Å²) >= 11 is 1.30. The summed E-state index contributed by atoms with van der Waals surface area (Å²) in [5, 5.41) is 2.15. The molecular formula is C13H12N2OS. The van der Waals surface area contributed by atoms with E-state index in [0.717, 1.165) is 18.4 Å². The molecule has 4 heteroatoms. The van der Waals surface area contributed by atoms with Gasteiger partial charge in [0.05, 0.1) is 0 Å². The van der Waals surface area contributed by atoms with Crippen molar-refractivity contribution in [3.8, 4) is 0 Å². The number of benzene rings is 1. The predicted molar refractivity (Wildman–Crippen MR) is 68.4 cm³/mol. The zero-order valence-electron chi connectivity index (χ0n) is 9.27. The summed E-state index contributed by atoms with van der Waals surface area (Å²) in [6.07, 6.45) is 3.40. The molecule has 86 valence electrons. The predicted octanol–water partition coefficient (Wildman–Crippen LogP) is 2.45. The molecule has 0 aliphatic heterocycles. The monoisotopic (exact) mass is 244 g/mol. The highest BCUT2D eigenvalue weighted by Gasteiger charge is 2.16. The Bertz CT molecular complexity index is 589. The number of carbonyl (C=O) groups excluding carboxylic acids is 1. The Kier molecular flexibility index (Phi) is 2.44. The number of hydrogen-bond donors (Lipinski definition) is 1. The van der Waals surface area contributed by atoms with Crippen molar-refractivity contribution in [2.24, 2.45) is 0 Å². The maximum Gasteiger partial charge on any atom is 0.212 e. The number of nitrogen functional groups attached to an aromatic ring is 1. The topological polar surface area (TPSA) is 56.0 Å². The molecule has 1 aliphatic rings. The Labute approximate surface area is 103 Å². The Morgan fingerprint density at radius 2 is 2.12 bits per heavy atom.